The minimum absolute atomic E-state index is 0.0267. The van der Waals surface area contributed by atoms with Crippen molar-refractivity contribution in [2.45, 2.75) is 33.7 Å². The summed E-state index contributed by atoms with van der Waals surface area (Å²) in [6, 6.07) is 7.21. The largest absolute Gasteiger partial charge is 0.351 e. The van der Waals surface area contributed by atoms with Gasteiger partial charge in [0.05, 0.1) is 33.3 Å². The number of rotatable bonds is 6. The monoisotopic (exact) mass is 462 g/mol. The number of thiophene rings is 1. The predicted molar refractivity (Wildman–Crippen MR) is 129 cm³/mol. The Balaban J connectivity index is 1.53. The number of H-pyrrole nitrogens is 1. The molecule has 1 unspecified atom stereocenters. The Kier molecular flexibility index (Phi) is 6.24. The van der Waals surface area contributed by atoms with Crippen molar-refractivity contribution < 1.29 is 9.59 Å². The normalized spacial score (nSPS) is 12.5. The molecule has 33 heavy (non-hydrogen) atoms. The first-order valence-corrected chi connectivity index (χ1v) is 11.5. The van der Waals surface area contributed by atoms with E-state index in [0.29, 0.717) is 33.8 Å². The van der Waals surface area contributed by atoms with E-state index in [1.807, 2.05) is 25.1 Å². The van der Waals surface area contributed by atoms with Crippen LogP contribution >= 0.6 is 11.3 Å². The number of hydrogen-bond acceptors (Lipinski definition) is 6. The molecule has 0 aliphatic heterocycles. The van der Waals surface area contributed by atoms with Gasteiger partial charge in [-0.25, -0.2) is 9.97 Å². The van der Waals surface area contributed by atoms with Gasteiger partial charge in [0, 0.05) is 25.1 Å². The molecule has 0 aromatic carbocycles. The van der Waals surface area contributed by atoms with E-state index < -0.39 is 0 Å². The van der Waals surface area contributed by atoms with E-state index in [2.05, 4.69) is 51.3 Å². The van der Waals surface area contributed by atoms with Crippen LogP contribution in [0.2, 0.25) is 0 Å². The summed E-state index contributed by atoms with van der Waals surface area (Å²) in [7, 11) is 0. The van der Waals surface area contributed by atoms with Gasteiger partial charge in [-0.15, -0.1) is 11.3 Å². The highest BCUT2D eigenvalue weighted by molar-refractivity contribution is 7.17. The van der Waals surface area contributed by atoms with E-state index in [1.54, 1.807) is 30.9 Å². The van der Waals surface area contributed by atoms with E-state index in [9.17, 15) is 9.59 Å². The number of carbonyl (C=O) groups excluding carboxylic acids is 2. The molecular weight excluding hydrogens is 436 g/mol. The summed E-state index contributed by atoms with van der Waals surface area (Å²) in [5.74, 6) is -0.362. The fourth-order valence-corrected chi connectivity index (χ4v) is 4.07. The summed E-state index contributed by atoms with van der Waals surface area (Å²) in [4.78, 5) is 42.9. The van der Waals surface area contributed by atoms with Crippen molar-refractivity contribution in [3.8, 4) is 10.6 Å². The topological polar surface area (TPSA) is 113 Å². The highest BCUT2D eigenvalue weighted by atomic mass is 32.1. The average molecular weight is 463 g/mol. The van der Waals surface area contributed by atoms with Crippen LogP contribution in [0.4, 0.5) is 0 Å². The maximum Gasteiger partial charge on any atom is 0.261 e. The predicted octanol–water partition coefficient (Wildman–Crippen LogP) is 4.35. The highest BCUT2D eigenvalue weighted by Gasteiger charge is 2.19. The number of nitrogens with one attached hydrogen (secondary N) is 3. The molecule has 9 heteroatoms. The molecule has 0 fully saturated rings. The lowest BCUT2D eigenvalue weighted by molar-refractivity contribution is 0.0934. The lowest BCUT2D eigenvalue weighted by Gasteiger charge is -2.18. The molecule has 170 valence electrons. The number of nitrogens with zero attached hydrogens (tertiary/aromatic N) is 3. The quantitative estimate of drug-likeness (QED) is 0.394. The van der Waals surface area contributed by atoms with Gasteiger partial charge in [-0.3, -0.25) is 14.6 Å². The van der Waals surface area contributed by atoms with E-state index in [1.165, 1.54) is 11.3 Å². The number of hydrogen-bond donors (Lipinski definition) is 3. The van der Waals surface area contributed by atoms with Crippen LogP contribution in [0.1, 0.15) is 59.3 Å². The number of carbonyl (C=O) groups is 2. The maximum atomic E-state index is 12.7. The molecule has 4 heterocycles. The van der Waals surface area contributed by atoms with Crippen LogP contribution in [0, 0.1) is 5.41 Å². The van der Waals surface area contributed by atoms with Crippen LogP contribution in [0.15, 0.2) is 49.1 Å². The summed E-state index contributed by atoms with van der Waals surface area (Å²) < 4.78 is 0. The smallest absolute Gasteiger partial charge is 0.261 e. The lowest BCUT2D eigenvalue weighted by atomic mass is 9.97. The van der Waals surface area contributed by atoms with Crippen molar-refractivity contribution in [3.63, 3.8) is 0 Å². The zero-order valence-electron chi connectivity index (χ0n) is 19.0. The molecule has 4 aromatic heterocycles. The number of pyridine rings is 1. The fourth-order valence-electron chi connectivity index (χ4n) is 3.20. The van der Waals surface area contributed by atoms with Crippen LogP contribution in [-0.2, 0) is 0 Å². The summed E-state index contributed by atoms with van der Waals surface area (Å²) in [6.45, 7) is 8.64. The third-order valence-electron chi connectivity index (χ3n) is 5.02. The standard InChI is InChI=1S/C24H26N6O2S/c1-14(15-6-5-9-25-10-15)29-23(32)19-8-7-18(33-19)17-12-27-21-20(30-17)16(11-26-21)22(31)28-13-24(2,3)4/h5-12,14H,13H2,1-4H3,(H,26,27)(H,28,31)(H,29,32). The minimum atomic E-state index is -0.196. The first kappa shape index (κ1) is 22.6. The number of aromatic nitrogens is 4. The molecule has 3 N–H and O–H groups in total. The Labute approximate surface area is 195 Å². The van der Waals surface area contributed by atoms with Gasteiger partial charge in [0.15, 0.2) is 5.65 Å². The van der Waals surface area contributed by atoms with Crippen molar-refractivity contribution >= 4 is 34.3 Å². The van der Waals surface area contributed by atoms with Gasteiger partial charge in [0.2, 0.25) is 0 Å². The molecule has 0 aliphatic carbocycles. The SMILES string of the molecule is CC(NC(=O)c1ccc(-c2cnc3[nH]cc(C(=O)NCC(C)(C)C)c3n2)s1)c1cccnc1. The second kappa shape index (κ2) is 9.11. The molecule has 2 amide bonds. The van der Waals surface area contributed by atoms with E-state index in [0.717, 1.165) is 10.4 Å². The van der Waals surface area contributed by atoms with E-state index in [-0.39, 0.29) is 23.3 Å². The van der Waals surface area contributed by atoms with Crippen LogP contribution in [0.3, 0.4) is 0 Å². The Bertz CT molecular complexity index is 1290. The average Bonchev–Trinajstić information content (AvgIpc) is 3.44. The molecular formula is C24H26N6O2S. The highest BCUT2D eigenvalue weighted by Crippen LogP contribution is 2.28. The zero-order valence-corrected chi connectivity index (χ0v) is 19.8. The Hall–Kier alpha value is -3.59. The second-order valence-corrected chi connectivity index (χ2v) is 10.1. The van der Waals surface area contributed by atoms with Gasteiger partial charge in [-0.2, -0.15) is 0 Å². The Morgan fingerprint density at radius 2 is 1.97 bits per heavy atom. The second-order valence-electron chi connectivity index (χ2n) is 9.04. The molecule has 0 saturated heterocycles. The zero-order chi connectivity index (χ0) is 23.6. The molecule has 0 aliphatic rings. The van der Waals surface area contributed by atoms with Crippen LogP contribution in [0.5, 0.6) is 0 Å². The molecule has 0 bridgehead atoms. The Morgan fingerprint density at radius 3 is 2.70 bits per heavy atom. The molecule has 0 spiro atoms. The van der Waals surface area contributed by atoms with Crippen LogP contribution in [-0.4, -0.2) is 38.3 Å². The van der Waals surface area contributed by atoms with Gasteiger partial charge in [0.1, 0.15) is 5.52 Å². The number of amides is 2. The van der Waals surface area contributed by atoms with Crippen molar-refractivity contribution in [1.82, 2.24) is 30.6 Å². The third kappa shape index (κ3) is 5.25. The van der Waals surface area contributed by atoms with Crippen molar-refractivity contribution in [3.05, 3.63) is 65.1 Å². The van der Waals surface area contributed by atoms with E-state index >= 15 is 0 Å². The maximum absolute atomic E-state index is 12.7. The van der Waals surface area contributed by atoms with Gasteiger partial charge >= 0.3 is 0 Å². The van der Waals surface area contributed by atoms with Crippen molar-refractivity contribution in [1.29, 1.82) is 0 Å². The van der Waals surface area contributed by atoms with Gasteiger partial charge in [-0.1, -0.05) is 26.8 Å². The fraction of sp³-hybridized carbons (Fsp3) is 0.292. The molecule has 8 nitrogen and oxygen atoms in total. The van der Waals surface area contributed by atoms with E-state index in [4.69, 9.17) is 0 Å². The summed E-state index contributed by atoms with van der Waals surface area (Å²) >= 11 is 1.33. The summed E-state index contributed by atoms with van der Waals surface area (Å²) in [5, 5.41) is 5.94. The minimum Gasteiger partial charge on any atom is -0.351 e. The third-order valence-corrected chi connectivity index (χ3v) is 6.13. The Morgan fingerprint density at radius 1 is 1.15 bits per heavy atom. The summed E-state index contributed by atoms with van der Waals surface area (Å²) in [5.41, 5.74) is 3.01. The molecule has 0 saturated carbocycles. The van der Waals surface area contributed by atoms with Gasteiger partial charge in [0.25, 0.3) is 11.8 Å². The van der Waals surface area contributed by atoms with Crippen molar-refractivity contribution in [2.75, 3.05) is 6.54 Å². The lowest BCUT2D eigenvalue weighted by Crippen LogP contribution is -2.32. The first-order chi connectivity index (χ1) is 15.7. The molecule has 0 radical (unpaired) electrons. The van der Waals surface area contributed by atoms with Gasteiger partial charge < -0.3 is 15.6 Å². The van der Waals surface area contributed by atoms with Gasteiger partial charge in [-0.05, 0) is 36.1 Å². The summed E-state index contributed by atoms with van der Waals surface area (Å²) in [6.07, 6.45) is 6.70. The molecule has 4 rings (SSSR count). The van der Waals surface area contributed by atoms with Crippen molar-refractivity contribution in [2.24, 2.45) is 5.41 Å². The molecule has 4 aromatic rings. The molecule has 1 atom stereocenters. The number of fused-ring (bicyclic) bond motifs is 1. The van der Waals surface area contributed by atoms with Crippen LogP contribution < -0.4 is 10.6 Å². The first-order valence-electron chi connectivity index (χ1n) is 10.6. The van der Waals surface area contributed by atoms with Crippen LogP contribution in [0.25, 0.3) is 21.7 Å². The number of aromatic amines is 1.